The van der Waals surface area contributed by atoms with Gasteiger partial charge in [0.05, 0.1) is 0 Å². The van der Waals surface area contributed by atoms with Gasteiger partial charge in [-0.3, -0.25) is 0 Å². The van der Waals surface area contributed by atoms with Crippen LogP contribution < -0.4 is 0 Å². The lowest BCUT2D eigenvalue weighted by Crippen LogP contribution is -2.26. The molecule has 0 saturated carbocycles. The molecule has 0 radical (unpaired) electrons. The monoisotopic (exact) mass is 1340 g/mol. The van der Waals surface area contributed by atoms with Crippen LogP contribution in [-0.4, -0.2) is 59.9 Å². The van der Waals surface area contributed by atoms with Gasteiger partial charge in [0.15, 0.2) is 0 Å². The minimum absolute atomic E-state index is 0.821. The average molecular weight is 1340 g/mol. The van der Waals surface area contributed by atoms with Crippen molar-refractivity contribution in [1.29, 1.82) is 0 Å². The Balaban J connectivity index is 0.000000244. The number of hydrogen-bond acceptors (Lipinski definition) is 12. The fourth-order valence-corrected chi connectivity index (χ4v) is 18.7. The van der Waals surface area contributed by atoms with Crippen LogP contribution in [0, 0.1) is 0 Å². The first-order valence-electron chi connectivity index (χ1n) is 28.5. The highest BCUT2D eigenvalue weighted by Crippen LogP contribution is 2.33. The first kappa shape index (κ1) is 68.6. The number of hydrogen-bond donors (Lipinski definition) is 0. The molecule has 0 bridgehead atoms. The fraction of sp³-hybridized carbons (Fsp3) is 0.246. The predicted molar refractivity (Wildman–Crippen MR) is 402 cm³/mol. The van der Waals surface area contributed by atoms with Crippen molar-refractivity contribution >= 4 is 153 Å². The summed E-state index contributed by atoms with van der Waals surface area (Å²) in [6.07, 6.45) is 5.94. The van der Waals surface area contributed by atoms with Gasteiger partial charge in [-0.1, -0.05) is 341 Å². The van der Waals surface area contributed by atoms with Gasteiger partial charge in [0, 0.05) is 75.4 Å². The van der Waals surface area contributed by atoms with E-state index in [1.54, 1.807) is 43.2 Å². The second kappa shape index (κ2) is 42.1. The number of benzene rings is 8. The lowest BCUT2D eigenvalue weighted by Gasteiger charge is -2.25. The SMILES string of the molecule is S=C(SSCCCCCSSC(=S)N(Cc1ccccc1)Cc1ccccc1)N(Cc1ccccc1)Cc1ccccc1.S=C(SSCCCCSSC(=S)N(Cc1ccccc1)Cc1ccccc1)N(Cc1ccccc1)Cc1ccccc1. The normalized spacial score (nSPS) is 10.8. The molecule has 0 heterocycles. The van der Waals surface area contributed by atoms with E-state index < -0.39 is 0 Å². The van der Waals surface area contributed by atoms with Crippen molar-refractivity contribution in [3.05, 3.63) is 287 Å². The summed E-state index contributed by atoms with van der Waals surface area (Å²) in [6, 6.07) is 84.7. The van der Waals surface area contributed by atoms with Crippen molar-refractivity contribution in [2.75, 3.05) is 23.0 Å². The molecule has 8 aromatic rings. The van der Waals surface area contributed by atoms with E-state index in [0.29, 0.717) is 0 Å². The molecule has 4 nitrogen and oxygen atoms in total. The Hall–Kier alpha value is -3.88. The third-order valence-corrected chi connectivity index (χ3v) is 25.4. The summed E-state index contributed by atoms with van der Waals surface area (Å²) in [5.74, 6) is 4.37. The van der Waals surface area contributed by atoms with Crippen LogP contribution in [-0.2, 0) is 52.4 Å². The molecule has 8 aromatic carbocycles. The van der Waals surface area contributed by atoms with Crippen molar-refractivity contribution < 1.29 is 0 Å². The number of nitrogens with zero attached hydrogens (tertiary/aromatic N) is 4. The van der Waals surface area contributed by atoms with Crippen LogP contribution in [0.5, 0.6) is 0 Å². The summed E-state index contributed by atoms with van der Waals surface area (Å²) < 4.78 is 3.79. The molecular formula is C69H74N4S12. The maximum Gasteiger partial charge on any atom is 0.147 e. The van der Waals surface area contributed by atoms with Crippen LogP contribution in [0.1, 0.15) is 76.6 Å². The molecule has 442 valence electrons. The van der Waals surface area contributed by atoms with Crippen molar-refractivity contribution in [1.82, 2.24) is 19.6 Å². The number of unbranched alkanes of at least 4 members (excludes halogenated alkanes) is 3. The summed E-state index contributed by atoms with van der Waals surface area (Å²) >= 11 is 23.5. The molecule has 0 fully saturated rings. The Morgan fingerprint density at radius 1 is 0.212 bits per heavy atom. The zero-order valence-electron chi connectivity index (χ0n) is 47.8. The van der Waals surface area contributed by atoms with Gasteiger partial charge in [-0.05, 0) is 113 Å². The van der Waals surface area contributed by atoms with Gasteiger partial charge in [-0.25, -0.2) is 0 Å². The van der Waals surface area contributed by atoms with Crippen molar-refractivity contribution in [3.8, 4) is 0 Å². The quantitative estimate of drug-likeness (QED) is 0.0232. The molecular weight excluding hydrogens is 1270 g/mol. The molecule has 16 heteroatoms. The summed E-state index contributed by atoms with van der Waals surface area (Å²) in [4.78, 5) is 9.24. The molecule has 0 aliphatic heterocycles. The van der Waals surface area contributed by atoms with Gasteiger partial charge in [-0.15, -0.1) is 0 Å². The zero-order chi connectivity index (χ0) is 59.2. The van der Waals surface area contributed by atoms with Crippen LogP contribution in [0.4, 0.5) is 0 Å². The van der Waals surface area contributed by atoms with Crippen LogP contribution >= 0.6 is 135 Å². The molecule has 0 amide bonds. The number of rotatable bonds is 31. The highest BCUT2D eigenvalue weighted by atomic mass is 33.1. The maximum absolute atomic E-state index is 5.88. The zero-order valence-corrected chi connectivity index (χ0v) is 57.6. The standard InChI is InChI=1S/C35H38N2S6.C34H36N2S6/c38-34(36(26-30-16-6-1-7-17-30)27-31-18-8-2-9-19-31)42-40-24-14-5-15-25-41-43-35(39)37(28-32-20-10-3-11-21-32)29-33-22-12-4-13-23-33;37-33(35(25-29-15-5-1-6-16-29)26-30-17-7-2-8-18-30)41-39-23-13-14-24-40-42-34(38)36(27-31-19-9-3-10-20-31)28-32-21-11-4-12-22-32/h1-4,6-13,16-23H,5,14-15,24-29H2;1-12,15-22H,13-14,23-28H2. The van der Waals surface area contributed by atoms with E-state index in [2.05, 4.69) is 262 Å². The molecule has 85 heavy (non-hydrogen) atoms. The number of thiocarbonyl (C=S) groups is 4. The molecule has 0 aliphatic rings. The summed E-state index contributed by atoms with van der Waals surface area (Å²) in [5.41, 5.74) is 10.2. The average Bonchev–Trinajstić information content (AvgIpc) is 3.61. The van der Waals surface area contributed by atoms with E-state index in [-0.39, 0.29) is 0 Å². The van der Waals surface area contributed by atoms with Crippen LogP contribution in [0.3, 0.4) is 0 Å². The second-order valence-electron chi connectivity index (χ2n) is 19.8. The van der Waals surface area contributed by atoms with E-state index in [1.165, 1.54) is 63.8 Å². The fourth-order valence-electron chi connectivity index (χ4n) is 8.57. The molecule has 0 unspecified atom stereocenters. The Bertz CT molecular complexity index is 2710. The van der Waals surface area contributed by atoms with E-state index >= 15 is 0 Å². The van der Waals surface area contributed by atoms with Crippen LogP contribution in [0.2, 0.25) is 0 Å². The molecule has 0 aromatic heterocycles. The Labute approximate surface area is 561 Å². The van der Waals surface area contributed by atoms with E-state index in [9.17, 15) is 0 Å². The topological polar surface area (TPSA) is 13.0 Å². The van der Waals surface area contributed by atoms with E-state index in [0.717, 1.165) is 105 Å². The third kappa shape index (κ3) is 28.4. The smallest absolute Gasteiger partial charge is 0.147 e. The van der Waals surface area contributed by atoms with E-state index in [1.807, 2.05) is 43.2 Å². The van der Waals surface area contributed by atoms with E-state index in [4.69, 9.17) is 48.9 Å². The second-order valence-corrected chi connectivity index (χ2v) is 32.0. The van der Waals surface area contributed by atoms with Crippen LogP contribution in [0.25, 0.3) is 0 Å². The minimum Gasteiger partial charge on any atom is -0.348 e. The molecule has 0 spiro atoms. The third-order valence-electron chi connectivity index (χ3n) is 12.9. The van der Waals surface area contributed by atoms with Gasteiger partial charge in [0.1, 0.15) is 17.3 Å². The Kier molecular flexibility index (Phi) is 34.0. The molecule has 0 atom stereocenters. The highest BCUT2D eigenvalue weighted by Gasteiger charge is 2.17. The van der Waals surface area contributed by atoms with Gasteiger partial charge in [0.25, 0.3) is 0 Å². The first-order chi connectivity index (χ1) is 41.8. The first-order valence-corrected chi connectivity index (χ1v) is 39.4. The molecule has 0 aliphatic carbocycles. The molecule has 0 saturated heterocycles. The van der Waals surface area contributed by atoms with Crippen LogP contribution in [0.15, 0.2) is 243 Å². The van der Waals surface area contributed by atoms with Crippen molar-refractivity contribution in [3.63, 3.8) is 0 Å². The van der Waals surface area contributed by atoms with Gasteiger partial charge in [-0.2, -0.15) is 0 Å². The Morgan fingerprint density at radius 2 is 0.353 bits per heavy atom. The van der Waals surface area contributed by atoms with Gasteiger partial charge in [0.2, 0.25) is 0 Å². The summed E-state index contributed by atoms with van der Waals surface area (Å²) in [6.45, 7) is 6.59. The van der Waals surface area contributed by atoms with Gasteiger partial charge >= 0.3 is 0 Å². The van der Waals surface area contributed by atoms with Crippen molar-refractivity contribution in [2.45, 2.75) is 84.5 Å². The lowest BCUT2D eigenvalue weighted by atomic mass is 10.2. The minimum atomic E-state index is 0.821. The largest absolute Gasteiger partial charge is 0.348 e. The molecule has 0 N–H and O–H groups in total. The predicted octanol–water partition coefficient (Wildman–Crippen LogP) is 21.4. The summed E-state index contributed by atoms with van der Waals surface area (Å²) in [7, 11) is 14.4. The Morgan fingerprint density at radius 3 is 0.506 bits per heavy atom. The van der Waals surface area contributed by atoms with Crippen molar-refractivity contribution in [2.24, 2.45) is 0 Å². The molecule has 8 rings (SSSR count). The van der Waals surface area contributed by atoms with Gasteiger partial charge < -0.3 is 19.6 Å². The highest BCUT2D eigenvalue weighted by molar-refractivity contribution is 8.84. The maximum atomic E-state index is 5.88. The lowest BCUT2D eigenvalue weighted by molar-refractivity contribution is 0.421. The summed E-state index contributed by atoms with van der Waals surface area (Å²) in [5, 5.41) is 0.